The number of hydrogen-bond donors (Lipinski definition) is 3. The van der Waals surface area contributed by atoms with E-state index in [1.807, 2.05) is 37.3 Å². The molecule has 0 saturated carbocycles. The maximum atomic E-state index is 12.0. The van der Waals surface area contributed by atoms with Crippen molar-refractivity contribution in [3.05, 3.63) is 59.1 Å². The van der Waals surface area contributed by atoms with Crippen molar-refractivity contribution in [1.82, 2.24) is 0 Å². The predicted molar refractivity (Wildman–Crippen MR) is 101 cm³/mol. The summed E-state index contributed by atoms with van der Waals surface area (Å²) in [5.41, 5.74) is 8.46. The Morgan fingerprint density at radius 3 is 2.54 bits per heavy atom. The SMILES string of the molecule is CCCC(N)C(=O)Nc1ccc(NC(C)c2ccccc2)c(Cl)c1. The lowest BCUT2D eigenvalue weighted by atomic mass is 10.1. The highest BCUT2D eigenvalue weighted by molar-refractivity contribution is 6.33. The Bertz CT molecular complexity index is 676. The van der Waals surface area contributed by atoms with E-state index in [2.05, 4.69) is 29.7 Å². The third-order valence-corrected chi connectivity index (χ3v) is 4.16. The Labute approximate surface area is 148 Å². The van der Waals surface area contributed by atoms with Crippen LogP contribution in [0.4, 0.5) is 11.4 Å². The summed E-state index contributed by atoms with van der Waals surface area (Å²) in [7, 11) is 0. The lowest BCUT2D eigenvalue weighted by molar-refractivity contribution is -0.117. The fraction of sp³-hybridized carbons (Fsp3) is 0.316. The van der Waals surface area contributed by atoms with E-state index in [0.717, 1.165) is 12.1 Å². The maximum absolute atomic E-state index is 12.0. The van der Waals surface area contributed by atoms with Crippen molar-refractivity contribution in [2.75, 3.05) is 10.6 Å². The van der Waals surface area contributed by atoms with Crippen LogP contribution >= 0.6 is 11.6 Å². The van der Waals surface area contributed by atoms with Gasteiger partial charge in [0.25, 0.3) is 0 Å². The van der Waals surface area contributed by atoms with Gasteiger partial charge in [0.15, 0.2) is 0 Å². The topological polar surface area (TPSA) is 67.2 Å². The minimum absolute atomic E-state index is 0.127. The predicted octanol–water partition coefficient (Wildman–Crippen LogP) is 4.58. The normalized spacial score (nSPS) is 13.2. The minimum atomic E-state index is -0.496. The van der Waals surface area contributed by atoms with Crippen molar-refractivity contribution in [1.29, 1.82) is 0 Å². The molecule has 0 saturated heterocycles. The van der Waals surface area contributed by atoms with E-state index < -0.39 is 6.04 Å². The van der Waals surface area contributed by atoms with Crippen LogP contribution in [0, 0.1) is 0 Å². The number of carbonyl (C=O) groups excluding carboxylic acids is 1. The van der Waals surface area contributed by atoms with Gasteiger partial charge in [0.1, 0.15) is 0 Å². The number of carbonyl (C=O) groups is 1. The molecule has 0 aliphatic rings. The van der Waals surface area contributed by atoms with Gasteiger partial charge < -0.3 is 16.4 Å². The summed E-state index contributed by atoms with van der Waals surface area (Å²) < 4.78 is 0. The van der Waals surface area contributed by atoms with Crippen LogP contribution in [0.5, 0.6) is 0 Å². The largest absolute Gasteiger partial charge is 0.377 e. The zero-order valence-electron chi connectivity index (χ0n) is 14.1. The molecule has 0 aromatic heterocycles. The molecular formula is C19H24ClN3O. The van der Waals surface area contributed by atoms with Gasteiger partial charge >= 0.3 is 0 Å². The molecule has 4 N–H and O–H groups in total. The van der Waals surface area contributed by atoms with Gasteiger partial charge in [-0.15, -0.1) is 0 Å². The number of nitrogens with two attached hydrogens (primary N) is 1. The summed E-state index contributed by atoms with van der Waals surface area (Å²) in [4.78, 5) is 12.0. The van der Waals surface area contributed by atoms with E-state index in [9.17, 15) is 4.79 Å². The van der Waals surface area contributed by atoms with Crippen LogP contribution in [0.3, 0.4) is 0 Å². The van der Waals surface area contributed by atoms with E-state index in [-0.39, 0.29) is 11.9 Å². The highest BCUT2D eigenvalue weighted by Gasteiger charge is 2.13. The summed E-state index contributed by atoms with van der Waals surface area (Å²) in [5, 5.41) is 6.74. The number of hydrogen-bond acceptors (Lipinski definition) is 3. The second kappa shape index (κ2) is 8.71. The van der Waals surface area contributed by atoms with Crippen LogP contribution in [0.25, 0.3) is 0 Å². The molecule has 0 radical (unpaired) electrons. The van der Waals surface area contributed by atoms with Crippen molar-refractivity contribution < 1.29 is 4.79 Å². The minimum Gasteiger partial charge on any atom is -0.377 e. The number of benzene rings is 2. The molecule has 0 bridgehead atoms. The quantitative estimate of drug-likeness (QED) is 0.688. The molecule has 4 nitrogen and oxygen atoms in total. The van der Waals surface area contributed by atoms with Gasteiger partial charge in [-0.1, -0.05) is 55.3 Å². The first-order valence-electron chi connectivity index (χ1n) is 8.18. The van der Waals surface area contributed by atoms with E-state index in [0.29, 0.717) is 17.1 Å². The number of amides is 1. The van der Waals surface area contributed by atoms with Crippen molar-refractivity contribution in [2.24, 2.45) is 5.73 Å². The van der Waals surface area contributed by atoms with E-state index in [1.165, 1.54) is 5.56 Å². The molecule has 2 rings (SSSR count). The van der Waals surface area contributed by atoms with Crippen molar-refractivity contribution in [3.8, 4) is 0 Å². The molecule has 2 atom stereocenters. The Hall–Kier alpha value is -2.04. The van der Waals surface area contributed by atoms with Crippen LogP contribution in [0.15, 0.2) is 48.5 Å². The Balaban J connectivity index is 2.03. The van der Waals surface area contributed by atoms with Gasteiger partial charge in [-0.3, -0.25) is 4.79 Å². The van der Waals surface area contributed by atoms with Crippen LogP contribution in [-0.4, -0.2) is 11.9 Å². The molecule has 0 aliphatic heterocycles. The molecule has 2 aromatic carbocycles. The average molecular weight is 346 g/mol. The molecule has 1 amide bonds. The van der Waals surface area contributed by atoms with Crippen molar-refractivity contribution in [3.63, 3.8) is 0 Å². The summed E-state index contributed by atoms with van der Waals surface area (Å²) in [6, 6.07) is 15.2. The van der Waals surface area contributed by atoms with E-state index in [4.69, 9.17) is 17.3 Å². The van der Waals surface area contributed by atoms with Gasteiger partial charge in [0.05, 0.1) is 16.8 Å². The standard InChI is InChI=1S/C19H24ClN3O/c1-3-7-17(21)19(24)23-15-10-11-18(16(20)12-15)22-13(2)14-8-5-4-6-9-14/h4-6,8-13,17,22H,3,7,21H2,1-2H3,(H,23,24). The first-order chi connectivity index (χ1) is 11.5. The maximum Gasteiger partial charge on any atom is 0.241 e. The average Bonchev–Trinajstić information content (AvgIpc) is 2.58. The van der Waals surface area contributed by atoms with Crippen LogP contribution in [0.2, 0.25) is 5.02 Å². The molecule has 0 aliphatic carbocycles. The van der Waals surface area contributed by atoms with E-state index in [1.54, 1.807) is 6.07 Å². The molecule has 0 fully saturated rings. The number of halogens is 1. The second-order valence-corrected chi connectivity index (χ2v) is 6.26. The third kappa shape index (κ3) is 4.98. The fourth-order valence-electron chi connectivity index (χ4n) is 2.45. The first kappa shape index (κ1) is 18.3. The lowest BCUT2D eigenvalue weighted by Gasteiger charge is -2.18. The molecular weight excluding hydrogens is 322 g/mol. The van der Waals surface area contributed by atoms with Gasteiger partial charge in [-0.2, -0.15) is 0 Å². The zero-order chi connectivity index (χ0) is 17.5. The van der Waals surface area contributed by atoms with Crippen LogP contribution < -0.4 is 16.4 Å². The van der Waals surface area contributed by atoms with Gasteiger partial charge in [-0.05, 0) is 37.1 Å². The highest BCUT2D eigenvalue weighted by atomic mass is 35.5. The zero-order valence-corrected chi connectivity index (χ0v) is 14.8. The Morgan fingerprint density at radius 2 is 1.92 bits per heavy atom. The van der Waals surface area contributed by atoms with Crippen molar-refractivity contribution in [2.45, 2.75) is 38.8 Å². The van der Waals surface area contributed by atoms with Crippen LogP contribution in [-0.2, 0) is 4.79 Å². The molecule has 128 valence electrons. The smallest absolute Gasteiger partial charge is 0.241 e. The van der Waals surface area contributed by atoms with E-state index >= 15 is 0 Å². The lowest BCUT2D eigenvalue weighted by Crippen LogP contribution is -2.35. The summed E-state index contributed by atoms with van der Waals surface area (Å²) in [6.45, 7) is 4.07. The molecule has 2 aromatic rings. The second-order valence-electron chi connectivity index (χ2n) is 5.86. The Morgan fingerprint density at radius 1 is 1.21 bits per heavy atom. The molecule has 0 heterocycles. The molecule has 24 heavy (non-hydrogen) atoms. The fourth-order valence-corrected chi connectivity index (χ4v) is 2.68. The van der Waals surface area contributed by atoms with Crippen molar-refractivity contribution >= 4 is 28.9 Å². The summed E-state index contributed by atoms with van der Waals surface area (Å²) >= 11 is 6.34. The molecule has 2 unspecified atom stereocenters. The molecule has 5 heteroatoms. The monoisotopic (exact) mass is 345 g/mol. The number of anilines is 2. The highest BCUT2D eigenvalue weighted by Crippen LogP contribution is 2.29. The Kier molecular flexibility index (Phi) is 6.64. The first-order valence-corrected chi connectivity index (χ1v) is 8.56. The van der Waals surface area contributed by atoms with Gasteiger partial charge in [-0.25, -0.2) is 0 Å². The van der Waals surface area contributed by atoms with Gasteiger partial charge in [0.2, 0.25) is 5.91 Å². The number of nitrogens with one attached hydrogen (secondary N) is 2. The summed E-state index contributed by atoms with van der Waals surface area (Å²) in [5.74, 6) is -0.189. The van der Waals surface area contributed by atoms with Crippen LogP contribution in [0.1, 0.15) is 38.3 Å². The summed E-state index contributed by atoms with van der Waals surface area (Å²) in [6.07, 6.45) is 1.53. The third-order valence-electron chi connectivity index (χ3n) is 3.84. The van der Waals surface area contributed by atoms with Gasteiger partial charge in [0, 0.05) is 11.7 Å². The number of rotatable bonds is 7. The molecule has 0 spiro atoms.